The van der Waals surface area contributed by atoms with Crippen LogP contribution >= 0.6 is 46.9 Å². The summed E-state index contributed by atoms with van der Waals surface area (Å²) in [6.45, 7) is 12.5. The first-order valence-corrected chi connectivity index (χ1v) is 11.9. The number of halogens is 2. The van der Waals surface area contributed by atoms with Crippen molar-refractivity contribution in [3.63, 3.8) is 0 Å². The molecule has 2 aromatic rings. The second-order valence-electron chi connectivity index (χ2n) is 7.90. The Bertz CT molecular complexity index is 848. The number of nitrogens with one attached hydrogen (secondary N) is 2. The van der Waals surface area contributed by atoms with Crippen LogP contribution in [-0.2, 0) is 13.1 Å². The van der Waals surface area contributed by atoms with Gasteiger partial charge in [0.25, 0.3) is 0 Å². The highest BCUT2D eigenvalue weighted by Gasteiger charge is 2.18. The molecule has 0 spiro atoms. The Balaban J connectivity index is 0.00000341. The van der Waals surface area contributed by atoms with Gasteiger partial charge in [-0.3, -0.25) is 0 Å². The van der Waals surface area contributed by atoms with E-state index in [0.29, 0.717) is 19.0 Å². The lowest BCUT2D eigenvalue weighted by Crippen LogP contribution is -2.44. The summed E-state index contributed by atoms with van der Waals surface area (Å²) in [5, 5.41) is 10.7. The molecule has 1 aromatic carbocycles. The van der Waals surface area contributed by atoms with Crippen molar-refractivity contribution in [1.82, 2.24) is 20.5 Å². The van der Waals surface area contributed by atoms with E-state index in [-0.39, 0.29) is 24.0 Å². The van der Waals surface area contributed by atoms with E-state index >= 15 is 0 Å². The van der Waals surface area contributed by atoms with E-state index in [4.69, 9.17) is 21.6 Å². The molecule has 0 saturated carbocycles. The van der Waals surface area contributed by atoms with E-state index in [1.165, 1.54) is 5.69 Å². The van der Waals surface area contributed by atoms with Gasteiger partial charge in [0.05, 0.1) is 18.8 Å². The van der Waals surface area contributed by atoms with Gasteiger partial charge in [0.15, 0.2) is 5.96 Å². The van der Waals surface area contributed by atoms with Gasteiger partial charge in [-0.25, -0.2) is 9.98 Å². The van der Waals surface area contributed by atoms with Crippen molar-refractivity contribution in [2.24, 2.45) is 4.99 Å². The number of hydrogen-bond acceptors (Lipinski definition) is 5. The molecule has 172 valence electrons. The average molecular weight is 577 g/mol. The molecule has 0 atom stereocenters. The number of nitrogens with zero attached hydrogens (tertiary/aromatic N) is 4. The standard InChI is InChI=1S/C22H33ClN6S.HI/c1-5-24-22(26-14-21-27-19(15-30-21)16(2)3)25-13-17-18(23)7-6-8-20(17)29-11-9-28(4)10-12-29;/h6-8,15-16H,5,9-14H2,1-4H3,(H2,24,25,26);1H. The van der Waals surface area contributed by atoms with Gasteiger partial charge in [0, 0.05) is 54.4 Å². The summed E-state index contributed by atoms with van der Waals surface area (Å²) in [7, 11) is 2.17. The first kappa shape index (κ1) is 26.2. The number of rotatable bonds is 7. The quantitative estimate of drug-likeness (QED) is 0.288. The molecule has 2 heterocycles. The lowest BCUT2D eigenvalue weighted by molar-refractivity contribution is 0.312. The summed E-state index contributed by atoms with van der Waals surface area (Å²) >= 11 is 8.28. The fourth-order valence-electron chi connectivity index (χ4n) is 3.38. The number of likely N-dealkylation sites (N-methyl/N-ethyl adjacent to an activating group) is 1. The molecule has 31 heavy (non-hydrogen) atoms. The predicted molar refractivity (Wildman–Crippen MR) is 144 cm³/mol. The van der Waals surface area contributed by atoms with Crippen molar-refractivity contribution in [3.05, 3.63) is 44.9 Å². The summed E-state index contributed by atoms with van der Waals surface area (Å²) in [6, 6.07) is 6.14. The minimum absolute atomic E-state index is 0. The zero-order valence-electron chi connectivity index (χ0n) is 18.8. The highest BCUT2D eigenvalue weighted by atomic mass is 127. The van der Waals surface area contributed by atoms with E-state index in [9.17, 15) is 0 Å². The van der Waals surface area contributed by atoms with Gasteiger partial charge in [0.1, 0.15) is 5.01 Å². The maximum absolute atomic E-state index is 6.59. The minimum atomic E-state index is 0. The third-order valence-corrected chi connectivity index (χ3v) is 6.47. The van der Waals surface area contributed by atoms with Gasteiger partial charge in [-0.2, -0.15) is 0 Å². The molecule has 0 unspecified atom stereocenters. The van der Waals surface area contributed by atoms with Crippen LogP contribution in [0.25, 0.3) is 0 Å². The smallest absolute Gasteiger partial charge is 0.191 e. The Kier molecular flexibility index (Phi) is 10.8. The number of piperazine rings is 1. The molecule has 9 heteroatoms. The highest BCUT2D eigenvalue weighted by molar-refractivity contribution is 14.0. The number of hydrogen-bond donors (Lipinski definition) is 2. The fraction of sp³-hybridized carbons (Fsp3) is 0.545. The molecule has 1 saturated heterocycles. The van der Waals surface area contributed by atoms with Crippen LogP contribution in [0.1, 0.15) is 43.0 Å². The van der Waals surface area contributed by atoms with Gasteiger partial charge in [-0.1, -0.05) is 31.5 Å². The third-order valence-electron chi connectivity index (χ3n) is 5.25. The van der Waals surface area contributed by atoms with E-state index in [2.05, 4.69) is 59.7 Å². The molecule has 1 aliphatic rings. The van der Waals surface area contributed by atoms with Crippen molar-refractivity contribution >= 4 is 58.6 Å². The summed E-state index contributed by atoms with van der Waals surface area (Å²) in [4.78, 5) is 14.3. The molecule has 0 bridgehead atoms. The molecule has 1 aliphatic heterocycles. The van der Waals surface area contributed by atoms with E-state index in [0.717, 1.165) is 60.0 Å². The monoisotopic (exact) mass is 576 g/mol. The molecule has 0 aliphatic carbocycles. The number of guanidine groups is 1. The normalized spacial score (nSPS) is 15.2. The molecule has 2 N–H and O–H groups in total. The molecular weight excluding hydrogens is 543 g/mol. The fourth-order valence-corrected chi connectivity index (χ4v) is 4.50. The van der Waals surface area contributed by atoms with Crippen molar-refractivity contribution in [3.8, 4) is 0 Å². The van der Waals surface area contributed by atoms with Crippen molar-refractivity contribution in [2.75, 3.05) is 44.7 Å². The molecule has 0 amide bonds. The molecule has 3 rings (SSSR count). The van der Waals surface area contributed by atoms with Gasteiger partial charge in [-0.05, 0) is 32.0 Å². The third kappa shape index (κ3) is 7.47. The number of benzene rings is 1. The molecule has 6 nitrogen and oxygen atoms in total. The van der Waals surface area contributed by atoms with Crippen LogP contribution in [0.4, 0.5) is 5.69 Å². The summed E-state index contributed by atoms with van der Waals surface area (Å²) in [5.74, 6) is 1.23. The Morgan fingerprint density at radius 3 is 2.61 bits per heavy atom. The van der Waals surface area contributed by atoms with Crippen molar-refractivity contribution in [2.45, 2.75) is 39.8 Å². The van der Waals surface area contributed by atoms with Crippen LogP contribution in [0.2, 0.25) is 5.02 Å². The molecule has 0 radical (unpaired) electrons. The van der Waals surface area contributed by atoms with Crippen LogP contribution in [0.5, 0.6) is 0 Å². The van der Waals surface area contributed by atoms with E-state index in [1.807, 2.05) is 12.1 Å². The molecular formula is C22H34ClIN6S. The number of anilines is 1. The second-order valence-corrected chi connectivity index (χ2v) is 9.25. The van der Waals surface area contributed by atoms with Crippen molar-refractivity contribution < 1.29 is 0 Å². The SMILES string of the molecule is CCNC(=NCc1c(Cl)cccc1N1CCN(C)CC1)NCc1nc(C(C)C)cs1.I. The highest BCUT2D eigenvalue weighted by Crippen LogP contribution is 2.29. The Labute approximate surface area is 212 Å². The Morgan fingerprint density at radius 2 is 1.97 bits per heavy atom. The lowest BCUT2D eigenvalue weighted by Gasteiger charge is -2.35. The second kappa shape index (κ2) is 12.8. The number of thiazole rings is 1. The Hall–Kier alpha value is -1.10. The van der Waals surface area contributed by atoms with Crippen LogP contribution in [0.15, 0.2) is 28.6 Å². The topological polar surface area (TPSA) is 55.8 Å². The maximum atomic E-state index is 6.59. The van der Waals surface area contributed by atoms with Gasteiger partial charge >= 0.3 is 0 Å². The van der Waals surface area contributed by atoms with Crippen LogP contribution < -0.4 is 15.5 Å². The summed E-state index contributed by atoms with van der Waals surface area (Å²) in [6.07, 6.45) is 0. The zero-order valence-corrected chi connectivity index (χ0v) is 22.7. The largest absolute Gasteiger partial charge is 0.369 e. The zero-order chi connectivity index (χ0) is 21.5. The first-order chi connectivity index (χ1) is 14.5. The first-order valence-electron chi connectivity index (χ1n) is 10.6. The van der Waals surface area contributed by atoms with E-state index < -0.39 is 0 Å². The molecule has 1 fully saturated rings. The predicted octanol–water partition coefficient (Wildman–Crippen LogP) is 4.55. The van der Waals surface area contributed by atoms with Gasteiger partial charge < -0.3 is 20.4 Å². The van der Waals surface area contributed by atoms with Crippen LogP contribution in [-0.4, -0.2) is 55.6 Å². The summed E-state index contributed by atoms with van der Waals surface area (Å²) < 4.78 is 0. The molecule has 1 aromatic heterocycles. The average Bonchev–Trinajstić information content (AvgIpc) is 3.21. The summed E-state index contributed by atoms with van der Waals surface area (Å²) in [5.41, 5.74) is 3.42. The van der Waals surface area contributed by atoms with Crippen molar-refractivity contribution in [1.29, 1.82) is 0 Å². The lowest BCUT2D eigenvalue weighted by atomic mass is 10.1. The van der Waals surface area contributed by atoms with Crippen LogP contribution in [0.3, 0.4) is 0 Å². The minimum Gasteiger partial charge on any atom is -0.369 e. The van der Waals surface area contributed by atoms with Gasteiger partial charge in [0.2, 0.25) is 0 Å². The Morgan fingerprint density at radius 1 is 1.23 bits per heavy atom. The van der Waals surface area contributed by atoms with Gasteiger partial charge in [-0.15, -0.1) is 35.3 Å². The number of aromatic nitrogens is 1. The van der Waals surface area contributed by atoms with Crippen LogP contribution in [0, 0.1) is 0 Å². The van der Waals surface area contributed by atoms with E-state index in [1.54, 1.807) is 11.3 Å². The maximum Gasteiger partial charge on any atom is 0.191 e. The number of aliphatic imine (C=N–C) groups is 1.